The number of fused-ring (bicyclic) bond motifs is 2. The smallest absolute Gasteiger partial charge is 0.262 e. The summed E-state index contributed by atoms with van der Waals surface area (Å²) < 4.78 is 42.5. The monoisotopic (exact) mass is 806 g/mol. The molecule has 4 aromatic rings. The summed E-state index contributed by atoms with van der Waals surface area (Å²) in [5.74, 6) is -1.95. The molecule has 3 aliphatic heterocycles. The molecule has 0 spiro atoms. The van der Waals surface area contributed by atoms with E-state index in [9.17, 15) is 23.6 Å². The van der Waals surface area contributed by atoms with E-state index >= 15 is 4.39 Å². The number of likely N-dealkylation sites (tertiary alicyclic amines) is 1. The third kappa shape index (κ3) is 7.25. The van der Waals surface area contributed by atoms with Gasteiger partial charge in [0.25, 0.3) is 11.8 Å². The molecule has 0 bridgehead atoms. The number of carbonyl (C=O) groups is 4. The van der Waals surface area contributed by atoms with Gasteiger partial charge in [-0.2, -0.15) is 0 Å². The lowest BCUT2D eigenvalue weighted by Crippen LogP contribution is -2.54. The number of rotatable bonds is 9. The minimum absolute atomic E-state index is 0.0154. The molecular weight excluding hydrogens is 769 g/mol. The molecule has 16 heteroatoms. The Kier molecular flexibility index (Phi) is 10.5. The van der Waals surface area contributed by atoms with Crippen LogP contribution in [0.1, 0.15) is 83.6 Å². The largest absolute Gasteiger partial charge is 0.493 e. The molecule has 3 fully saturated rings. The van der Waals surface area contributed by atoms with Gasteiger partial charge in [0.05, 0.1) is 45.6 Å². The number of nitrogens with zero attached hydrogens (tertiary/aromatic N) is 4. The average Bonchev–Trinajstić information content (AvgIpc) is 3.43. The number of hydrogen-bond acceptors (Lipinski definition) is 10. The van der Waals surface area contributed by atoms with Gasteiger partial charge >= 0.3 is 0 Å². The first-order valence-corrected chi connectivity index (χ1v) is 19.4. The number of hydrogen-bond donors (Lipinski definition) is 2. The highest BCUT2D eigenvalue weighted by molar-refractivity contribution is 6.42. The van der Waals surface area contributed by atoms with E-state index in [1.807, 2.05) is 0 Å². The quantitative estimate of drug-likeness (QED) is 0.132. The molecule has 2 saturated heterocycles. The van der Waals surface area contributed by atoms with Crippen molar-refractivity contribution >= 4 is 69.2 Å². The Hall–Kier alpha value is -4.92. The molecule has 1 unspecified atom stereocenters. The highest BCUT2D eigenvalue weighted by Gasteiger charge is 2.45. The Morgan fingerprint density at radius 1 is 0.893 bits per heavy atom. The molecule has 4 heterocycles. The van der Waals surface area contributed by atoms with E-state index in [4.69, 9.17) is 32.7 Å². The lowest BCUT2D eigenvalue weighted by Gasteiger charge is -2.37. The Labute approximate surface area is 330 Å². The first-order valence-electron chi connectivity index (χ1n) is 18.7. The van der Waals surface area contributed by atoms with E-state index in [0.717, 1.165) is 56.3 Å². The highest BCUT2D eigenvalue weighted by Crippen LogP contribution is 2.40. The molecule has 1 saturated carbocycles. The number of nitrogens with one attached hydrogen (secondary N) is 2. The van der Waals surface area contributed by atoms with E-state index in [-0.39, 0.29) is 51.7 Å². The minimum atomic E-state index is -1.10. The van der Waals surface area contributed by atoms with Crippen LogP contribution in [0, 0.1) is 17.6 Å². The maximum atomic E-state index is 15.5. The Bertz CT molecular complexity index is 2260. The number of methoxy groups -OCH3 is 1. The summed E-state index contributed by atoms with van der Waals surface area (Å²) >= 11 is 12.0. The van der Waals surface area contributed by atoms with Gasteiger partial charge in [0.1, 0.15) is 24.0 Å². The van der Waals surface area contributed by atoms with Gasteiger partial charge in [-0.25, -0.2) is 18.7 Å². The molecule has 292 valence electrons. The first-order chi connectivity index (χ1) is 27.0. The fraction of sp³-hybridized carbons (Fsp3) is 0.400. The number of anilines is 2. The first kappa shape index (κ1) is 38.0. The number of imide groups is 2. The molecule has 1 aliphatic carbocycles. The van der Waals surface area contributed by atoms with Crippen LogP contribution < -0.4 is 20.1 Å². The van der Waals surface area contributed by atoms with E-state index in [1.165, 1.54) is 24.5 Å². The maximum absolute atomic E-state index is 15.5. The van der Waals surface area contributed by atoms with Crippen LogP contribution in [-0.2, 0) is 9.59 Å². The summed E-state index contributed by atoms with van der Waals surface area (Å²) in [5, 5.41) is 5.71. The van der Waals surface area contributed by atoms with Gasteiger partial charge in [0, 0.05) is 24.4 Å². The summed E-state index contributed by atoms with van der Waals surface area (Å²) in [6.07, 6.45) is 6.41. The van der Waals surface area contributed by atoms with Crippen LogP contribution in [0.2, 0.25) is 10.0 Å². The van der Waals surface area contributed by atoms with Crippen LogP contribution in [0.5, 0.6) is 11.5 Å². The van der Waals surface area contributed by atoms with E-state index in [2.05, 4.69) is 25.5 Å². The number of aromatic nitrogens is 2. The van der Waals surface area contributed by atoms with E-state index in [1.54, 1.807) is 19.2 Å². The van der Waals surface area contributed by atoms with E-state index < -0.39 is 41.3 Å². The van der Waals surface area contributed by atoms with Crippen LogP contribution in [0.4, 0.5) is 20.3 Å². The van der Waals surface area contributed by atoms with Crippen molar-refractivity contribution in [2.24, 2.45) is 5.92 Å². The number of benzene rings is 3. The van der Waals surface area contributed by atoms with Crippen LogP contribution in [0.25, 0.3) is 10.9 Å². The Morgan fingerprint density at radius 3 is 2.34 bits per heavy atom. The van der Waals surface area contributed by atoms with E-state index in [0.29, 0.717) is 52.5 Å². The molecule has 56 heavy (non-hydrogen) atoms. The van der Waals surface area contributed by atoms with Gasteiger partial charge in [-0.1, -0.05) is 23.2 Å². The second kappa shape index (κ2) is 15.5. The summed E-state index contributed by atoms with van der Waals surface area (Å²) in [6.45, 7) is 2.45. The molecule has 2 N–H and O–H groups in total. The fourth-order valence-corrected chi connectivity index (χ4v) is 8.70. The zero-order valence-corrected chi connectivity index (χ0v) is 31.9. The Morgan fingerprint density at radius 2 is 1.62 bits per heavy atom. The van der Waals surface area contributed by atoms with Gasteiger partial charge in [0.15, 0.2) is 17.3 Å². The highest BCUT2D eigenvalue weighted by atomic mass is 35.5. The SMILES string of the molecule is COc1cc2ncnc(Nc3ccc(Cl)c(Cl)c3F)c2cc1OC1CCC(CN2CCC(c3cc4c(cc3F)C(=O)N(C3CCC(=O)NC3=O)C4=O)CC2)CC1. The standard InChI is InChI=1S/C40H38Cl2F2N6O6/c1-55-32-17-30-26(37(46-19-45-30)47-29-7-6-27(41)35(42)36(29)44)16-33(32)56-22-4-2-20(3-5-22)18-49-12-10-21(11-13-49)23-14-24-25(15-28(23)43)40(54)50(39(24)53)31-8-9-34(51)48-38(31)52/h6-7,14-17,19-22,31H,2-5,8-13,18H2,1H3,(H,45,46,47)(H,48,51,52). The van der Waals surface area contributed by atoms with Crippen LogP contribution in [-0.4, -0.2) is 82.3 Å². The fourth-order valence-electron chi connectivity index (χ4n) is 8.39. The average molecular weight is 808 g/mol. The lowest BCUT2D eigenvalue weighted by molar-refractivity contribution is -0.136. The Balaban J connectivity index is 0.864. The number of carbonyl (C=O) groups excluding carboxylic acids is 4. The number of piperidine rings is 2. The van der Waals surface area contributed by atoms with Crippen molar-refractivity contribution in [2.45, 2.75) is 69.4 Å². The second-order valence-corrected chi connectivity index (χ2v) is 15.6. The van der Waals surface area contributed by atoms with Crippen molar-refractivity contribution in [3.63, 3.8) is 0 Å². The van der Waals surface area contributed by atoms with Crippen molar-refractivity contribution in [1.82, 2.24) is 25.1 Å². The third-order valence-corrected chi connectivity index (χ3v) is 12.2. The minimum Gasteiger partial charge on any atom is -0.493 e. The number of halogens is 4. The summed E-state index contributed by atoms with van der Waals surface area (Å²) in [6, 6.07) is 8.07. The van der Waals surface area contributed by atoms with Crippen molar-refractivity contribution in [1.29, 1.82) is 0 Å². The summed E-state index contributed by atoms with van der Waals surface area (Å²) in [5.41, 5.74) is 1.16. The molecule has 0 radical (unpaired) electrons. The van der Waals surface area contributed by atoms with Crippen molar-refractivity contribution in [3.8, 4) is 11.5 Å². The van der Waals surface area contributed by atoms with Crippen molar-refractivity contribution in [3.05, 3.63) is 81.1 Å². The molecule has 4 aliphatic rings. The lowest BCUT2D eigenvalue weighted by atomic mass is 9.84. The second-order valence-electron chi connectivity index (χ2n) is 14.8. The molecule has 4 amide bonds. The van der Waals surface area contributed by atoms with Gasteiger partial charge in [-0.3, -0.25) is 29.4 Å². The predicted octanol–water partition coefficient (Wildman–Crippen LogP) is 7.19. The van der Waals surface area contributed by atoms with Crippen molar-refractivity contribution < 1.29 is 37.4 Å². The summed E-state index contributed by atoms with van der Waals surface area (Å²) in [7, 11) is 1.57. The van der Waals surface area contributed by atoms with Crippen LogP contribution in [0.3, 0.4) is 0 Å². The van der Waals surface area contributed by atoms with Gasteiger partial charge in [-0.05, 0) is 106 Å². The zero-order valence-electron chi connectivity index (χ0n) is 30.4. The molecular formula is C40H38Cl2F2N6O6. The predicted molar refractivity (Wildman–Crippen MR) is 204 cm³/mol. The molecule has 12 nitrogen and oxygen atoms in total. The van der Waals surface area contributed by atoms with Crippen molar-refractivity contribution in [2.75, 3.05) is 32.1 Å². The zero-order chi connectivity index (χ0) is 39.2. The van der Waals surface area contributed by atoms with Gasteiger partial charge < -0.3 is 19.7 Å². The molecule has 8 rings (SSSR count). The topological polar surface area (TPSA) is 143 Å². The third-order valence-electron chi connectivity index (χ3n) is 11.4. The van der Waals surface area contributed by atoms with Crippen LogP contribution in [0.15, 0.2) is 42.7 Å². The summed E-state index contributed by atoms with van der Waals surface area (Å²) in [4.78, 5) is 62.5. The molecule has 1 atom stereocenters. The van der Waals surface area contributed by atoms with Crippen LogP contribution >= 0.6 is 23.2 Å². The molecule has 3 aromatic carbocycles. The number of amides is 4. The number of ether oxygens (including phenoxy) is 2. The van der Waals surface area contributed by atoms with Gasteiger partial charge in [0.2, 0.25) is 11.8 Å². The maximum Gasteiger partial charge on any atom is 0.262 e. The molecule has 1 aromatic heterocycles. The normalized spacial score (nSPS) is 22.0. The van der Waals surface area contributed by atoms with Gasteiger partial charge in [-0.15, -0.1) is 0 Å².